The number of Topliss-reactive ketones (excluding diaryl/α,β-unsaturated/α-hetero) is 1. The average molecular weight is 282 g/mol. The number of pyridine rings is 1. The minimum Gasteiger partial charge on any atom is -0.394 e. The second kappa shape index (κ2) is 6.88. The summed E-state index contributed by atoms with van der Waals surface area (Å²) in [6.07, 6.45) is 1.22. The number of nitrogens with zero attached hydrogens (tertiary/aromatic N) is 2. The van der Waals surface area contributed by atoms with Crippen molar-refractivity contribution >= 4 is 5.78 Å². The van der Waals surface area contributed by atoms with E-state index >= 15 is 0 Å². The molecule has 1 aliphatic heterocycles. The Kier molecular flexibility index (Phi) is 5.17. The third-order valence-corrected chi connectivity index (χ3v) is 3.27. The number of hydrogen-bond donors (Lipinski definition) is 1. The van der Waals surface area contributed by atoms with Gasteiger partial charge in [-0.1, -0.05) is 0 Å². The van der Waals surface area contributed by atoms with Crippen LogP contribution < -0.4 is 0 Å². The summed E-state index contributed by atoms with van der Waals surface area (Å²) in [4.78, 5) is 17.8. The van der Waals surface area contributed by atoms with Gasteiger partial charge < -0.3 is 9.84 Å². The fraction of sp³-hybridized carbons (Fsp3) is 0.571. The monoisotopic (exact) mass is 282 g/mol. The number of aliphatic hydroxyl groups is 1. The maximum absolute atomic E-state index is 12.7. The summed E-state index contributed by atoms with van der Waals surface area (Å²) in [5.74, 6) is -0.556. The molecule has 0 aliphatic carbocycles. The first kappa shape index (κ1) is 15.0. The highest BCUT2D eigenvalue weighted by Gasteiger charge is 2.24. The Bertz CT molecular complexity index is 452. The number of hydrogen-bond acceptors (Lipinski definition) is 5. The molecule has 0 radical (unpaired) electrons. The lowest BCUT2D eigenvalue weighted by molar-refractivity contribution is -0.0947. The fourth-order valence-electron chi connectivity index (χ4n) is 2.35. The molecule has 0 spiro atoms. The molecule has 6 heteroatoms. The molecule has 2 heterocycles. The first-order valence-electron chi connectivity index (χ1n) is 6.72. The van der Waals surface area contributed by atoms with E-state index in [2.05, 4.69) is 9.88 Å². The maximum Gasteiger partial charge on any atom is 0.182 e. The molecule has 1 aromatic rings. The molecule has 110 valence electrons. The second-order valence-corrected chi connectivity index (χ2v) is 5.05. The van der Waals surface area contributed by atoms with Gasteiger partial charge in [0.25, 0.3) is 0 Å². The minimum absolute atomic E-state index is 0.0195. The smallest absolute Gasteiger partial charge is 0.182 e. The molecule has 2 unspecified atom stereocenters. The van der Waals surface area contributed by atoms with Gasteiger partial charge in [0.1, 0.15) is 11.5 Å². The third kappa shape index (κ3) is 4.06. The molecule has 2 atom stereocenters. The van der Waals surface area contributed by atoms with E-state index in [1.165, 1.54) is 12.1 Å². The topological polar surface area (TPSA) is 62.7 Å². The van der Waals surface area contributed by atoms with Gasteiger partial charge >= 0.3 is 0 Å². The lowest BCUT2D eigenvalue weighted by atomic mass is 10.1. The predicted octanol–water partition coefficient (Wildman–Crippen LogP) is 0.875. The van der Waals surface area contributed by atoms with Crippen LogP contribution in [0, 0.1) is 5.82 Å². The maximum atomic E-state index is 12.7. The normalized spacial score (nSPS) is 23.8. The van der Waals surface area contributed by atoms with E-state index in [4.69, 9.17) is 9.84 Å². The summed E-state index contributed by atoms with van der Waals surface area (Å²) < 4.78 is 18.3. The highest BCUT2D eigenvalue weighted by Crippen LogP contribution is 2.12. The molecule has 1 aromatic heterocycles. The van der Waals surface area contributed by atoms with Crippen LogP contribution in [0.25, 0.3) is 0 Å². The van der Waals surface area contributed by atoms with E-state index in [-0.39, 0.29) is 30.3 Å². The molecule has 1 saturated heterocycles. The quantitative estimate of drug-likeness (QED) is 0.812. The Labute approximate surface area is 117 Å². The van der Waals surface area contributed by atoms with Crippen molar-refractivity contribution < 1.29 is 19.0 Å². The molecular weight excluding hydrogens is 263 g/mol. The molecule has 0 amide bonds. The molecule has 0 bridgehead atoms. The van der Waals surface area contributed by atoms with Gasteiger partial charge in [-0.05, 0) is 19.1 Å². The number of aliphatic hydroxyl groups excluding tert-OH is 1. The predicted molar refractivity (Wildman–Crippen MR) is 71.0 cm³/mol. The molecule has 0 saturated carbocycles. The summed E-state index contributed by atoms with van der Waals surface area (Å²) in [5.41, 5.74) is 0.284. The van der Waals surface area contributed by atoms with Crippen LogP contribution in [-0.2, 0) is 4.74 Å². The van der Waals surface area contributed by atoms with Crippen LogP contribution in [0.3, 0.4) is 0 Å². The van der Waals surface area contributed by atoms with Gasteiger partial charge in [-0.15, -0.1) is 0 Å². The van der Waals surface area contributed by atoms with Gasteiger partial charge in [0.2, 0.25) is 0 Å². The SMILES string of the molecule is CC1CN(CCC(=O)c2ccc(F)cn2)CC(CO)O1. The number of ether oxygens (including phenoxy) is 1. The van der Waals surface area contributed by atoms with Crippen molar-refractivity contribution in [2.24, 2.45) is 0 Å². The first-order chi connectivity index (χ1) is 9.58. The van der Waals surface area contributed by atoms with Gasteiger partial charge in [-0.25, -0.2) is 4.39 Å². The molecule has 5 nitrogen and oxygen atoms in total. The van der Waals surface area contributed by atoms with Crippen molar-refractivity contribution in [3.05, 3.63) is 29.8 Å². The van der Waals surface area contributed by atoms with Crippen molar-refractivity contribution in [2.45, 2.75) is 25.6 Å². The van der Waals surface area contributed by atoms with Crippen molar-refractivity contribution in [1.82, 2.24) is 9.88 Å². The molecule has 2 rings (SSSR count). The van der Waals surface area contributed by atoms with Gasteiger partial charge in [0.05, 0.1) is 25.0 Å². The summed E-state index contributed by atoms with van der Waals surface area (Å²) in [7, 11) is 0. The van der Waals surface area contributed by atoms with Crippen LogP contribution in [0.4, 0.5) is 4.39 Å². The second-order valence-electron chi connectivity index (χ2n) is 5.05. The molecular formula is C14H19FN2O3. The summed E-state index contributed by atoms with van der Waals surface area (Å²) in [6.45, 7) is 3.86. The molecule has 20 heavy (non-hydrogen) atoms. The van der Waals surface area contributed by atoms with E-state index in [1.807, 2.05) is 6.92 Å². The first-order valence-corrected chi connectivity index (χ1v) is 6.72. The van der Waals surface area contributed by atoms with E-state index in [9.17, 15) is 9.18 Å². The average Bonchev–Trinajstić information content (AvgIpc) is 2.45. The Hall–Kier alpha value is -1.37. The van der Waals surface area contributed by atoms with Crippen molar-refractivity contribution in [1.29, 1.82) is 0 Å². The van der Waals surface area contributed by atoms with Gasteiger partial charge in [0.15, 0.2) is 5.78 Å². The summed E-state index contributed by atoms with van der Waals surface area (Å²) in [5, 5.41) is 9.14. The van der Waals surface area contributed by atoms with Crippen LogP contribution in [0.15, 0.2) is 18.3 Å². The highest BCUT2D eigenvalue weighted by molar-refractivity contribution is 5.94. The zero-order valence-electron chi connectivity index (χ0n) is 11.5. The minimum atomic E-state index is -0.450. The summed E-state index contributed by atoms with van der Waals surface area (Å²) in [6, 6.07) is 2.63. The van der Waals surface area contributed by atoms with E-state index < -0.39 is 5.82 Å². The van der Waals surface area contributed by atoms with Crippen LogP contribution in [-0.4, -0.2) is 59.2 Å². The van der Waals surface area contributed by atoms with Crippen molar-refractivity contribution in [2.75, 3.05) is 26.2 Å². The lowest BCUT2D eigenvalue weighted by Crippen LogP contribution is -2.48. The number of ketones is 1. The lowest BCUT2D eigenvalue weighted by Gasteiger charge is -2.35. The van der Waals surface area contributed by atoms with Gasteiger partial charge in [-0.3, -0.25) is 14.7 Å². The van der Waals surface area contributed by atoms with Crippen molar-refractivity contribution in [3.8, 4) is 0 Å². The van der Waals surface area contributed by atoms with E-state index in [0.717, 1.165) is 12.7 Å². The van der Waals surface area contributed by atoms with Crippen LogP contribution in [0.5, 0.6) is 0 Å². The number of rotatable bonds is 5. The van der Waals surface area contributed by atoms with E-state index in [1.54, 1.807) is 0 Å². The standard InChI is InChI=1S/C14H19FN2O3/c1-10-7-17(8-12(9-18)20-10)5-4-14(19)13-3-2-11(15)6-16-13/h2-3,6,10,12,18H,4-5,7-9H2,1H3. The van der Waals surface area contributed by atoms with Crippen molar-refractivity contribution in [3.63, 3.8) is 0 Å². The van der Waals surface area contributed by atoms with Gasteiger partial charge in [-0.2, -0.15) is 0 Å². The van der Waals surface area contributed by atoms with Crippen LogP contribution in [0.2, 0.25) is 0 Å². The molecule has 0 aromatic carbocycles. The molecule has 1 N–H and O–H groups in total. The van der Waals surface area contributed by atoms with Gasteiger partial charge in [0, 0.05) is 26.1 Å². The summed E-state index contributed by atoms with van der Waals surface area (Å²) >= 11 is 0. The zero-order valence-corrected chi connectivity index (χ0v) is 11.5. The zero-order chi connectivity index (χ0) is 14.5. The van der Waals surface area contributed by atoms with Crippen LogP contribution >= 0.6 is 0 Å². The third-order valence-electron chi connectivity index (χ3n) is 3.27. The molecule has 1 fully saturated rings. The number of halogens is 1. The van der Waals surface area contributed by atoms with Crippen LogP contribution in [0.1, 0.15) is 23.8 Å². The number of morpholine rings is 1. The number of carbonyl (C=O) groups is 1. The fourth-order valence-corrected chi connectivity index (χ4v) is 2.35. The number of carbonyl (C=O) groups excluding carboxylic acids is 1. The largest absolute Gasteiger partial charge is 0.394 e. The Morgan fingerprint density at radius 1 is 1.55 bits per heavy atom. The number of aromatic nitrogens is 1. The highest BCUT2D eigenvalue weighted by atomic mass is 19.1. The molecule has 1 aliphatic rings. The Morgan fingerprint density at radius 2 is 2.35 bits per heavy atom. The van der Waals surface area contributed by atoms with E-state index in [0.29, 0.717) is 19.5 Å². The Balaban J connectivity index is 1.85. The Morgan fingerprint density at radius 3 is 3.00 bits per heavy atom.